The molecule has 0 aliphatic heterocycles. The van der Waals surface area contributed by atoms with E-state index in [-0.39, 0.29) is 32.0 Å². The number of aliphatic hydroxyl groups excluding tert-OH is 4. The van der Waals surface area contributed by atoms with E-state index < -0.39 is 30.4 Å². The SMILES string of the molecule is CCCCCCCCCCCCCCCCC(=O)OC[C@H](O)COC(=O)CCC[C@@H](O)[C@H](O)/C=C/C=C/C=C\C=C\[C@H](O)CCCCC. The zero-order valence-corrected chi connectivity index (χ0v) is 30.3. The quantitative estimate of drug-likeness (QED) is 0.0309. The first kappa shape index (κ1) is 45.7. The number of hydrogen-bond acceptors (Lipinski definition) is 8. The van der Waals surface area contributed by atoms with Crippen LogP contribution < -0.4 is 0 Å². The van der Waals surface area contributed by atoms with Crippen molar-refractivity contribution in [2.75, 3.05) is 13.2 Å². The van der Waals surface area contributed by atoms with Gasteiger partial charge in [0.2, 0.25) is 0 Å². The molecule has 0 fully saturated rings. The highest BCUT2D eigenvalue weighted by molar-refractivity contribution is 5.69. The summed E-state index contributed by atoms with van der Waals surface area (Å²) in [5.41, 5.74) is 0. The Morgan fingerprint density at radius 1 is 0.500 bits per heavy atom. The van der Waals surface area contributed by atoms with Crippen molar-refractivity contribution in [3.05, 3.63) is 48.6 Å². The average Bonchev–Trinajstić information content (AvgIpc) is 3.07. The number of carbonyl (C=O) groups is 2. The van der Waals surface area contributed by atoms with Gasteiger partial charge in [-0.25, -0.2) is 0 Å². The maximum Gasteiger partial charge on any atom is 0.305 e. The van der Waals surface area contributed by atoms with Crippen molar-refractivity contribution >= 4 is 11.9 Å². The van der Waals surface area contributed by atoms with Crippen LogP contribution in [0.2, 0.25) is 0 Å². The van der Waals surface area contributed by atoms with Crippen LogP contribution in [0.4, 0.5) is 0 Å². The van der Waals surface area contributed by atoms with Crippen LogP contribution in [0, 0.1) is 0 Å². The molecule has 0 aliphatic carbocycles. The van der Waals surface area contributed by atoms with Crippen LogP contribution in [0.25, 0.3) is 0 Å². The van der Waals surface area contributed by atoms with E-state index >= 15 is 0 Å². The van der Waals surface area contributed by atoms with Crippen LogP contribution in [0.1, 0.15) is 155 Å². The van der Waals surface area contributed by atoms with Gasteiger partial charge in [-0.3, -0.25) is 9.59 Å². The number of aliphatic hydroxyl groups is 4. The van der Waals surface area contributed by atoms with Crippen LogP contribution in [-0.4, -0.2) is 70.0 Å². The Morgan fingerprint density at radius 3 is 1.44 bits per heavy atom. The highest BCUT2D eigenvalue weighted by Crippen LogP contribution is 2.14. The van der Waals surface area contributed by atoms with Gasteiger partial charge in [0.1, 0.15) is 19.3 Å². The molecule has 48 heavy (non-hydrogen) atoms. The van der Waals surface area contributed by atoms with Crippen molar-refractivity contribution in [3.8, 4) is 0 Å². The minimum atomic E-state index is -1.09. The fraction of sp³-hybridized carbons (Fsp3) is 0.750. The molecule has 0 unspecified atom stereocenters. The number of esters is 2. The molecule has 0 amide bonds. The van der Waals surface area contributed by atoms with Crippen LogP contribution in [0.5, 0.6) is 0 Å². The molecular weight excluding hydrogens is 608 g/mol. The van der Waals surface area contributed by atoms with Crippen molar-refractivity contribution in [1.29, 1.82) is 0 Å². The molecule has 0 aliphatic rings. The summed E-state index contributed by atoms with van der Waals surface area (Å²) in [6.45, 7) is 3.89. The maximum atomic E-state index is 12.0. The fourth-order valence-electron chi connectivity index (χ4n) is 5.12. The van der Waals surface area contributed by atoms with Gasteiger partial charge in [0.05, 0.1) is 18.3 Å². The Balaban J connectivity index is 3.79. The Labute approximate surface area is 292 Å². The monoisotopic (exact) mass is 679 g/mol. The Morgan fingerprint density at radius 2 is 0.917 bits per heavy atom. The third-order valence-corrected chi connectivity index (χ3v) is 8.18. The fourth-order valence-corrected chi connectivity index (χ4v) is 5.12. The summed E-state index contributed by atoms with van der Waals surface area (Å²) in [7, 11) is 0. The van der Waals surface area contributed by atoms with E-state index in [1.165, 1.54) is 76.7 Å². The topological polar surface area (TPSA) is 134 Å². The van der Waals surface area contributed by atoms with E-state index in [1.807, 2.05) is 6.08 Å². The van der Waals surface area contributed by atoms with Crippen LogP contribution >= 0.6 is 0 Å². The van der Waals surface area contributed by atoms with E-state index in [0.29, 0.717) is 12.8 Å². The summed E-state index contributed by atoms with van der Waals surface area (Å²) in [5.74, 6) is -0.883. The van der Waals surface area contributed by atoms with Gasteiger partial charge in [0.25, 0.3) is 0 Å². The van der Waals surface area contributed by atoms with Gasteiger partial charge < -0.3 is 29.9 Å². The van der Waals surface area contributed by atoms with Gasteiger partial charge in [-0.05, 0) is 25.7 Å². The molecule has 4 N–H and O–H groups in total. The summed E-state index contributed by atoms with van der Waals surface area (Å²) in [4.78, 5) is 23.9. The summed E-state index contributed by atoms with van der Waals surface area (Å²) < 4.78 is 10.2. The molecule has 4 atom stereocenters. The van der Waals surface area contributed by atoms with Crippen molar-refractivity contribution in [2.24, 2.45) is 0 Å². The van der Waals surface area contributed by atoms with Crippen LogP contribution in [0.15, 0.2) is 48.6 Å². The average molecular weight is 679 g/mol. The van der Waals surface area contributed by atoms with Crippen molar-refractivity contribution in [2.45, 2.75) is 180 Å². The van der Waals surface area contributed by atoms with Gasteiger partial charge in [-0.15, -0.1) is 0 Å². The first-order chi connectivity index (χ1) is 23.3. The molecule has 0 saturated carbocycles. The lowest BCUT2D eigenvalue weighted by Crippen LogP contribution is -2.26. The second-order valence-electron chi connectivity index (χ2n) is 12.9. The highest BCUT2D eigenvalue weighted by Gasteiger charge is 2.15. The first-order valence-corrected chi connectivity index (χ1v) is 19.0. The largest absolute Gasteiger partial charge is 0.463 e. The molecule has 0 radical (unpaired) electrons. The Kier molecular flexibility index (Phi) is 33.0. The van der Waals surface area contributed by atoms with E-state index in [2.05, 4.69) is 13.8 Å². The first-order valence-electron chi connectivity index (χ1n) is 19.0. The van der Waals surface area contributed by atoms with Gasteiger partial charge in [-0.2, -0.15) is 0 Å². The summed E-state index contributed by atoms with van der Waals surface area (Å²) >= 11 is 0. The van der Waals surface area contributed by atoms with Crippen molar-refractivity contribution in [3.63, 3.8) is 0 Å². The molecule has 278 valence electrons. The Bertz CT molecular complexity index is 865. The molecule has 0 aromatic heterocycles. The second-order valence-corrected chi connectivity index (χ2v) is 12.9. The zero-order chi connectivity index (χ0) is 35.5. The molecule has 0 rings (SSSR count). The van der Waals surface area contributed by atoms with Gasteiger partial charge in [0, 0.05) is 12.8 Å². The maximum absolute atomic E-state index is 12.0. The minimum Gasteiger partial charge on any atom is -0.463 e. The molecule has 8 heteroatoms. The smallest absolute Gasteiger partial charge is 0.305 e. The normalized spacial score (nSPS) is 14.7. The second kappa shape index (κ2) is 34.6. The van der Waals surface area contributed by atoms with E-state index in [1.54, 1.807) is 36.5 Å². The number of rotatable bonds is 33. The van der Waals surface area contributed by atoms with Crippen LogP contribution in [-0.2, 0) is 19.1 Å². The predicted molar refractivity (Wildman–Crippen MR) is 195 cm³/mol. The van der Waals surface area contributed by atoms with Gasteiger partial charge >= 0.3 is 11.9 Å². The summed E-state index contributed by atoms with van der Waals surface area (Å²) in [6.07, 6.45) is 32.5. The third-order valence-electron chi connectivity index (χ3n) is 8.18. The lowest BCUT2D eigenvalue weighted by molar-refractivity contribution is -0.152. The Hall–Kier alpha value is -2.26. The third kappa shape index (κ3) is 32.3. The lowest BCUT2D eigenvalue weighted by Gasteiger charge is -2.14. The highest BCUT2D eigenvalue weighted by atomic mass is 16.6. The predicted octanol–water partition coefficient (Wildman–Crippen LogP) is 8.36. The van der Waals surface area contributed by atoms with Gasteiger partial charge in [0.15, 0.2) is 0 Å². The van der Waals surface area contributed by atoms with Crippen molar-refractivity contribution < 1.29 is 39.5 Å². The van der Waals surface area contributed by atoms with E-state index in [9.17, 15) is 30.0 Å². The minimum absolute atomic E-state index is 0.0324. The molecule has 0 heterocycles. The number of allylic oxidation sites excluding steroid dienone is 6. The molecule has 0 saturated heterocycles. The molecule has 0 spiro atoms. The summed E-state index contributed by atoms with van der Waals surface area (Å²) in [6, 6.07) is 0. The molecule has 8 nitrogen and oxygen atoms in total. The van der Waals surface area contributed by atoms with Gasteiger partial charge in [-0.1, -0.05) is 165 Å². The zero-order valence-electron chi connectivity index (χ0n) is 30.3. The lowest BCUT2D eigenvalue weighted by atomic mass is 10.0. The molecular formula is C40H70O8. The van der Waals surface area contributed by atoms with E-state index in [4.69, 9.17) is 9.47 Å². The number of carbonyl (C=O) groups excluding carboxylic acids is 2. The van der Waals surface area contributed by atoms with Crippen LogP contribution in [0.3, 0.4) is 0 Å². The number of unbranched alkanes of at least 4 members (excludes halogenated alkanes) is 15. The molecule has 0 aromatic rings. The summed E-state index contributed by atoms with van der Waals surface area (Å²) in [5, 5.41) is 40.1. The van der Waals surface area contributed by atoms with Crippen molar-refractivity contribution in [1.82, 2.24) is 0 Å². The number of hydrogen-bond donors (Lipinski definition) is 4. The number of ether oxygens (including phenoxy) is 2. The molecule has 0 aromatic carbocycles. The standard InChI is InChI=1S/C40H70O8/c1-3-5-7-8-9-10-11-12-13-14-15-16-21-25-31-39(45)47-33-36(42)34-48-40(46)32-26-30-38(44)37(43)29-24-20-18-17-19-23-28-35(41)27-22-6-4-2/h17-20,23-24,28-29,35-38,41-44H,3-16,21-22,25-27,30-34H2,1-2H3/b19-17-,20-18+,28-23+,29-24+/t35-,36+,37-,38-/m1/s1. The van der Waals surface area contributed by atoms with E-state index in [0.717, 1.165) is 44.9 Å². The molecule has 0 bridgehead atoms.